The lowest BCUT2D eigenvalue weighted by atomic mass is 10.1. The molecule has 1 aromatic carbocycles. The van der Waals surface area contributed by atoms with Crippen LogP contribution in [-0.4, -0.2) is 79.7 Å². The average molecular weight is 410 g/mol. The van der Waals surface area contributed by atoms with Gasteiger partial charge in [-0.1, -0.05) is 30.3 Å². The molecule has 30 heavy (non-hydrogen) atoms. The molecule has 0 atom stereocenters. The van der Waals surface area contributed by atoms with E-state index in [0.29, 0.717) is 13.1 Å². The van der Waals surface area contributed by atoms with Crippen LogP contribution in [0.15, 0.2) is 48.7 Å². The highest BCUT2D eigenvalue weighted by Gasteiger charge is 2.19. The lowest BCUT2D eigenvalue weighted by Gasteiger charge is -2.34. The molecule has 2 saturated heterocycles. The van der Waals surface area contributed by atoms with Crippen molar-refractivity contribution in [2.45, 2.75) is 13.1 Å². The van der Waals surface area contributed by atoms with E-state index in [9.17, 15) is 4.79 Å². The fraction of sp³-hybridized carbons (Fsp3) is 0.478. The lowest BCUT2D eigenvalue weighted by Crippen LogP contribution is -2.49. The van der Waals surface area contributed by atoms with Crippen molar-refractivity contribution in [2.24, 2.45) is 0 Å². The third-order valence-electron chi connectivity index (χ3n) is 5.74. The number of nitrogens with zero attached hydrogens (tertiary/aromatic N) is 4. The minimum Gasteiger partial charge on any atom is -0.379 e. The van der Waals surface area contributed by atoms with Gasteiger partial charge in [-0.05, 0) is 23.3 Å². The molecular formula is C23H31N5O2. The molecule has 7 heteroatoms. The summed E-state index contributed by atoms with van der Waals surface area (Å²) in [7, 11) is 0. The van der Waals surface area contributed by atoms with Crippen molar-refractivity contribution in [3.05, 3.63) is 59.8 Å². The molecule has 0 radical (unpaired) electrons. The van der Waals surface area contributed by atoms with Gasteiger partial charge >= 0.3 is 0 Å². The standard InChI is InChI=1S/C23H31N5O2/c29-23(19-26-9-11-28(12-10-26)22-3-1-2-8-24-22)25-17-20-4-6-21(7-5-20)18-27-13-15-30-16-14-27/h1-8H,9-19H2,(H,25,29). The van der Waals surface area contributed by atoms with Crippen molar-refractivity contribution >= 4 is 11.7 Å². The summed E-state index contributed by atoms with van der Waals surface area (Å²) < 4.78 is 5.40. The number of hydrogen-bond acceptors (Lipinski definition) is 6. The second-order valence-corrected chi connectivity index (χ2v) is 7.93. The number of pyridine rings is 1. The van der Waals surface area contributed by atoms with Crippen LogP contribution in [0.1, 0.15) is 11.1 Å². The van der Waals surface area contributed by atoms with E-state index in [0.717, 1.165) is 70.4 Å². The SMILES string of the molecule is O=C(CN1CCN(c2ccccn2)CC1)NCc1ccc(CN2CCOCC2)cc1. The highest BCUT2D eigenvalue weighted by Crippen LogP contribution is 2.12. The molecular weight excluding hydrogens is 378 g/mol. The zero-order chi connectivity index (χ0) is 20.6. The third kappa shape index (κ3) is 6.01. The van der Waals surface area contributed by atoms with Crippen LogP contribution in [0.4, 0.5) is 5.82 Å². The fourth-order valence-electron chi connectivity index (χ4n) is 3.92. The van der Waals surface area contributed by atoms with Crippen LogP contribution in [0.2, 0.25) is 0 Å². The van der Waals surface area contributed by atoms with Gasteiger partial charge < -0.3 is 15.0 Å². The third-order valence-corrected chi connectivity index (χ3v) is 5.74. The number of anilines is 1. The number of carbonyl (C=O) groups excluding carboxylic acids is 1. The smallest absolute Gasteiger partial charge is 0.234 e. The Bertz CT molecular complexity index is 785. The quantitative estimate of drug-likeness (QED) is 0.745. The molecule has 160 valence electrons. The van der Waals surface area contributed by atoms with Crippen molar-refractivity contribution in [3.8, 4) is 0 Å². The topological polar surface area (TPSA) is 60.9 Å². The Hall–Kier alpha value is -2.48. The molecule has 0 bridgehead atoms. The van der Waals surface area contributed by atoms with Crippen LogP contribution in [0.5, 0.6) is 0 Å². The van der Waals surface area contributed by atoms with Crippen LogP contribution in [0.25, 0.3) is 0 Å². The molecule has 1 aromatic heterocycles. The zero-order valence-electron chi connectivity index (χ0n) is 17.5. The first-order chi connectivity index (χ1) is 14.8. The highest BCUT2D eigenvalue weighted by atomic mass is 16.5. The molecule has 0 saturated carbocycles. The minimum absolute atomic E-state index is 0.0821. The number of ether oxygens (including phenoxy) is 1. The molecule has 4 rings (SSSR count). The Morgan fingerprint density at radius 2 is 1.63 bits per heavy atom. The van der Waals surface area contributed by atoms with Gasteiger partial charge in [0.1, 0.15) is 5.82 Å². The van der Waals surface area contributed by atoms with E-state index >= 15 is 0 Å². The van der Waals surface area contributed by atoms with Gasteiger partial charge in [0.05, 0.1) is 19.8 Å². The summed E-state index contributed by atoms with van der Waals surface area (Å²) in [6.07, 6.45) is 1.82. The number of carbonyl (C=O) groups is 1. The van der Waals surface area contributed by atoms with E-state index in [-0.39, 0.29) is 5.91 Å². The number of aromatic nitrogens is 1. The van der Waals surface area contributed by atoms with E-state index in [1.165, 1.54) is 5.56 Å². The number of piperazine rings is 1. The first kappa shape index (κ1) is 20.8. The largest absolute Gasteiger partial charge is 0.379 e. The molecule has 0 aliphatic carbocycles. The molecule has 0 unspecified atom stereocenters. The maximum absolute atomic E-state index is 12.4. The Labute approximate surface area is 178 Å². The van der Waals surface area contributed by atoms with Crippen molar-refractivity contribution in [3.63, 3.8) is 0 Å². The molecule has 3 heterocycles. The van der Waals surface area contributed by atoms with Gasteiger partial charge in [-0.25, -0.2) is 4.98 Å². The second-order valence-electron chi connectivity index (χ2n) is 7.93. The number of rotatable bonds is 7. The lowest BCUT2D eigenvalue weighted by molar-refractivity contribution is -0.122. The molecule has 1 amide bonds. The van der Waals surface area contributed by atoms with E-state index < -0.39 is 0 Å². The Morgan fingerprint density at radius 1 is 0.900 bits per heavy atom. The Balaban J connectivity index is 1.16. The van der Waals surface area contributed by atoms with Crippen LogP contribution in [-0.2, 0) is 22.6 Å². The van der Waals surface area contributed by atoms with Crippen molar-refractivity contribution in [2.75, 3.05) is 63.9 Å². The first-order valence-electron chi connectivity index (χ1n) is 10.8. The van der Waals surface area contributed by atoms with Crippen LogP contribution >= 0.6 is 0 Å². The first-order valence-corrected chi connectivity index (χ1v) is 10.8. The van der Waals surface area contributed by atoms with Crippen LogP contribution in [0.3, 0.4) is 0 Å². The van der Waals surface area contributed by atoms with Crippen molar-refractivity contribution in [1.29, 1.82) is 0 Å². The summed E-state index contributed by atoms with van der Waals surface area (Å²) in [5.41, 5.74) is 2.44. The minimum atomic E-state index is 0.0821. The van der Waals surface area contributed by atoms with E-state index in [2.05, 4.69) is 49.3 Å². The zero-order valence-corrected chi connectivity index (χ0v) is 17.5. The van der Waals surface area contributed by atoms with E-state index in [4.69, 9.17) is 4.74 Å². The summed E-state index contributed by atoms with van der Waals surface area (Å²) in [5, 5.41) is 3.06. The monoisotopic (exact) mass is 409 g/mol. The second kappa shape index (κ2) is 10.5. The summed E-state index contributed by atoms with van der Waals surface area (Å²) >= 11 is 0. The number of nitrogens with one attached hydrogen (secondary N) is 1. The number of amides is 1. The highest BCUT2D eigenvalue weighted by molar-refractivity contribution is 5.78. The van der Waals surface area contributed by atoms with Crippen LogP contribution < -0.4 is 10.2 Å². The predicted octanol–water partition coefficient (Wildman–Crippen LogP) is 1.35. The van der Waals surface area contributed by atoms with Crippen molar-refractivity contribution < 1.29 is 9.53 Å². The number of benzene rings is 1. The van der Waals surface area contributed by atoms with E-state index in [1.54, 1.807) is 0 Å². The van der Waals surface area contributed by atoms with Gasteiger partial charge in [-0.3, -0.25) is 14.6 Å². The summed E-state index contributed by atoms with van der Waals surface area (Å²) in [5.74, 6) is 1.09. The maximum atomic E-state index is 12.4. The predicted molar refractivity (Wildman–Crippen MR) is 117 cm³/mol. The van der Waals surface area contributed by atoms with Gasteiger partial charge in [0.15, 0.2) is 0 Å². The molecule has 1 N–H and O–H groups in total. The van der Waals surface area contributed by atoms with E-state index in [1.807, 2.05) is 24.4 Å². The molecule has 2 aliphatic heterocycles. The fourth-order valence-corrected chi connectivity index (χ4v) is 3.92. The van der Waals surface area contributed by atoms with Gasteiger partial charge in [-0.15, -0.1) is 0 Å². The summed E-state index contributed by atoms with van der Waals surface area (Å²) in [6, 6.07) is 14.5. The number of morpholine rings is 1. The van der Waals surface area contributed by atoms with Gasteiger partial charge in [0.2, 0.25) is 5.91 Å². The van der Waals surface area contributed by atoms with Crippen LogP contribution in [0, 0.1) is 0 Å². The molecule has 0 spiro atoms. The van der Waals surface area contributed by atoms with Gasteiger partial charge in [0.25, 0.3) is 0 Å². The normalized spacial score (nSPS) is 18.3. The van der Waals surface area contributed by atoms with Gasteiger partial charge in [-0.2, -0.15) is 0 Å². The van der Waals surface area contributed by atoms with Crippen molar-refractivity contribution in [1.82, 2.24) is 20.1 Å². The molecule has 7 nitrogen and oxygen atoms in total. The van der Waals surface area contributed by atoms with Gasteiger partial charge in [0, 0.05) is 58.6 Å². The maximum Gasteiger partial charge on any atom is 0.234 e. The molecule has 2 aliphatic rings. The average Bonchev–Trinajstić information content (AvgIpc) is 2.80. The summed E-state index contributed by atoms with van der Waals surface area (Å²) in [6.45, 7) is 9.16. The number of hydrogen-bond donors (Lipinski definition) is 1. The summed E-state index contributed by atoms with van der Waals surface area (Å²) in [4.78, 5) is 23.7. The molecule has 2 aromatic rings. The molecule has 2 fully saturated rings. The Morgan fingerprint density at radius 3 is 2.33 bits per heavy atom. The Kier molecular flexibility index (Phi) is 7.29.